The van der Waals surface area contributed by atoms with Gasteiger partial charge in [-0.3, -0.25) is 9.59 Å². The van der Waals surface area contributed by atoms with Gasteiger partial charge in [0, 0.05) is 19.1 Å². The molecule has 0 aromatic heterocycles. The Balaban J connectivity index is 1.62. The zero-order valence-electron chi connectivity index (χ0n) is 12.9. The van der Waals surface area contributed by atoms with Crippen LogP contribution in [0.15, 0.2) is 24.3 Å². The summed E-state index contributed by atoms with van der Waals surface area (Å²) in [5.74, 6) is -1.25. The van der Waals surface area contributed by atoms with Crippen molar-refractivity contribution in [2.24, 2.45) is 5.41 Å². The van der Waals surface area contributed by atoms with E-state index in [4.69, 9.17) is 0 Å². The Morgan fingerprint density at radius 2 is 2.00 bits per heavy atom. The van der Waals surface area contributed by atoms with Crippen molar-refractivity contribution in [2.75, 3.05) is 13.1 Å². The van der Waals surface area contributed by atoms with Crippen molar-refractivity contribution in [1.82, 2.24) is 15.8 Å². The molecule has 2 aliphatic rings. The van der Waals surface area contributed by atoms with Crippen LogP contribution >= 0.6 is 0 Å². The molecule has 2 heterocycles. The maximum Gasteiger partial charge on any atom is 0.311 e. The average molecular weight is 321 g/mol. The SMILES string of the molecule is CC1(C(=O)O)CCN(C(=O)C2CC(c3ccc(F)cc3)NN2)C1. The van der Waals surface area contributed by atoms with Crippen LogP contribution in [0.3, 0.4) is 0 Å². The minimum absolute atomic E-state index is 0.0713. The van der Waals surface area contributed by atoms with E-state index in [1.165, 1.54) is 12.1 Å². The molecule has 23 heavy (non-hydrogen) atoms. The van der Waals surface area contributed by atoms with E-state index >= 15 is 0 Å². The molecule has 0 bridgehead atoms. The Hall–Kier alpha value is -1.99. The second-order valence-corrected chi connectivity index (χ2v) is 6.56. The number of rotatable bonds is 3. The number of halogens is 1. The number of aliphatic carboxylic acids is 1. The van der Waals surface area contributed by atoms with Gasteiger partial charge in [0.15, 0.2) is 0 Å². The molecule has 0 radical (unpaired) electrons. The van der Waals surface area contributed by atoms with E-state index in [1.54, 1.807) is 24.0 Å². The van der Waals surface area contributed by atoms with E-state index in [2.05, 4.69) is 10.9 Å². The first kappa shape index (κ1) is 15.9. The molecule has 0 aliphatic carbocycles. The van der Waals surface area contributed by atoms with Gasteiger partial charge in [-0.2, -0.15) is 0 Å². The van der Waals surface area contributed by atoms with Crippen molar-refractivity contribution < 1.29 is 19.1 Å². The molecule has 124 valence electrons. The first-order valence-electron chi connectivity index (χ1n) is 7.68. The van der Waals surface area contributed by atoms with Crippen LogP contribution in [-0.2, 0) is 9.59 Å². The number of nitrogens with zero attached hydrogens (tertiary/aromatic N) is 1. The largest absolute Gasteiger partial charge is 0.481 e. The van der Waals surface area contributed by atoms with E-state index in [0.29, 0.717) is 19.4 Å². The van der Waals surface area contributed by atoms with Crippen LogP contribution in [0, 0.1) is 11.2 Å². The zero-order valence-corrected chi connectivity index (χ0v) is 12.9. The molecule has 2 saturated heterocycles. The molecule has 2 fully saturated rings. The summed E-state index contributed by atoms with van der Waals surface area (Å²) in [5.41, 5.74) is 6.07. The fourth-order valence-corrected chi connectivity index (χ4v) is 3.18. The topological polar surface area (TPSA) is 81.7 Å². The van der Waals surface area contributed by atoms with Crippen LogP contribution < -0.4 is 10.9 Å². The number of benzene rings is 1. The van der Waals surface area contributed by atoms with Gasteiger partial charge < -0.3 is 10.0 Å². The monoisotopic (exact) mass is 321 g/mol. The van der Waals surface area contributed by atoms with E-state index in [9.17, 15) is 19.1 Å². The molecule has 1 aromatic rings. The van der Waals surface area contributed by atoms with E-state index in [0.717, 1.165) is 5.56 Å². The molecular formula is C16H20FN3O3. The van der Waals surface area contributed by atoms with Gasteiger partial charge >= 0.3 is 5.97 Å². The van der Waals surface area contributed by atoms with Crippen molar-refractivity contribution in [3.63, 3.8) is 0 Å². The fourth-order valence-electron chi connectivity index (χ4n) is 3.18. The number of amides is 1. The third-order valence-corrected chi connectivity index (χ3v) is 4.77. The molecule has 3 N–H and O–H groups in total. The molecule has 0 saturated carbocycles. The van der Waals surface area contributed by atoms with Gasteiger partial charge in [0.2, 0.25) is 5.91 Å². The van der Waals surface area contributed by atoms with Gasteiger partial charge in [0.1, 0.15) is 11.9 Å². The maximum absolute atomic E-state index is 13.0. The standard InChI is InChI=1S/C16H20FN3O3/c1-16(15(22)23)6-7-20(9-16)14(21)13-8-12(18-19-13)10-2-4-11(17)5-3-10/h2-5,12-13,18-19H,6-9H2,1H3,(H,22,23). The van der Waals surface area contributed by atoms with Gasteiger partial charge in [-0.05, 0) is 37.5 Å². The number of carbonyl (C=O) groups is 2. The second-order valence-electron chi connectivity index (χ2n) is 6.56. The van der Waals surface area contributed by atoms with E-state index < -0.39 is 17.4 Å². The molecular weight excluding hydrogens is 301 g/mol. The molecule has 7 heteroatoms. The summed E-state index contributed by atoms with van der Waals surface area (Å²) >= 11 is 0. The minimum Gasteiger partial charge on any atom is -0.481 e. The summed E-state index contributed by atoms with van der Waals surface area (Å²) in [6.45, 7) is 2.37. The van der Waals surface area contributed by atoms with E-state index in [-0.39, 0.29) is 24.3 Å². The van der Waals surface area contributed by atoms with Crippen LogP contribution in [0.5, 0.6) is 0 Å². The predicted molar refractivity (Wildman–Crippen MR) is 80.8 cm³/mol. The number of hydrogen-bond acceptors (Lipinski definition) is 4. The van der Waals surface area contributed by atoms with E-state index in [1.807, 2.05) is 0 Å². The summed E-state index contributed by atoms with van der Waals surface area (Å²) in [6.07, 6.45) is 1.01. The quantitative estimate of drug-likeness (QED) is 0.775. The van der Waals surface area contributed by atoms with Gasteiger partial charge in [-0.15, -0.1) is 0 Å². The predicted octanol–water partition coefficient (Wildman–Crippen LogP) is 1.06. The molecule has 1 amide bonds. The summed E-state index contributed by atoms with van der Waals surface area (Å²) in [6, 6.07) is 5.70. The Kier molecular flexibility index (Phi) is 4.08. The number of hydrazine groups is 1. The average Bonchev–Trinajstić information content (AvgIpc) is 3.15. The normalized spacial score (nSPS) is 30.6. The van der Waals surface area contributed by atoms with Gasteiger partial charge in [-0.1, -0.05) is 12.1 Å². The highest BCUT2D eigenvalue weighted by Gasteiger charge is 2.44. The molecule has 3 unspecified atom stereocenters. The molecule has 6 nitrogen and oxygen atoms in total. The molecule has 3 rings (SSSR count). The highest BCUT2D eigenvalue weighted by atomic mass is 19.1. The maximum atomic E-state index is 13.0. The van der Waals surface area contributed by atoms with Crippen LogP contribution in [0.1, 0.15) is 31.4 Å². The van der Waals surface area contributed by atoms with Crippen LogP contribution in [0.4, 0.5) is 4.39 Å². The van der Waals surface area contributed by atoms with Crippen LogP contribution in [0.25, 0.3) is 0 Å². The Morgan fingerprint density at radius 3 is 2.61 bits per heavy atom. The molecule has 3 atom stereocenters. The summed E-state index contributed by atoms with van der Waals surface area (Å²) < 4.78 is 13.0. The zero-order chi connectivity index (χ0) is 16.6. The molecule has 1 aromatic carbocycles. The number of carboxylic acid groups (broad SMARTS) is 1. The van der Waals surface area contributed by atoms with Crippen molar-refractivity contribution in [1.29, 1.82) is 0 Å². The summed E-state index contributed by atoms with van der Waals surface area (Å²) in [7, 11) is 0. The van der Waals surface area contributed by atoms with Gasteiger partial charge in [0.05, 0.1) is 5.41 Å². The number of carboxylic acids is 1. The molecule has 2 aliphatic heterocycles. The minimum atomic E-state index is -0.866. The van der Waals surface area contributed by atoms with Crippen molar-refractivity contribution in [3.8, 4) is 0 Å². The lowest BCUT2D eigenvalue weighted by Gasteiger charge is -2.22. The van der Waals surface area contributed by atoms with Crippen LogP contribution in [0.2, 0.25) is 0 Å². The summed E-state index contributed by atoms with van der Waals surface area (Å²) in [5, 5.41) is 9.25. The number of nitrogens with one attached hydrogen (secondary N) is 2. The van der Waals surface area contributed by atoms with Crippen LogP contribution in [-0.4, -0.2) is 41.0 Å². The lowest BCUT2D eigenvalue weighted by molar-refractivity contribution is -0.147. The third kappa shape index (κ3) is 3.07. The van der Waals surface area contributed by atoms with Gasteiger partial charge in [0.25, 0.3) is 0 Å². The Bertz CT molecular complexity index is 622. The first-order valence-corrected chi connectivity index (χ1v) is 7.68. The lowest BCUT2D eigenvalue weighted by atomic mass is 9.90. The lowest BCUT2D eigenvalue weighted by Crippen LogP contribution is -2.45. The smallest absolute Gasteiger partial charge is 0.311 e. The number of likely N-dealkylation sites (tertiary alicyclic amines) is 1. The third-order valence-electron chi connectivity index (χ3n) is 4.77. The Labute approximate surface area is 133 Å². The molecule has 0 spiro atoms. The van der Waals surface area contributed by atoms with Crippen molar-refractivity contribution in [3.05, 3.63) is 35.6 Å². The highest BCUT2D eigenvalue weighted by Crippen LogP contribution is 2.31. The van der Waals surface area contributed by atoms with Gasteiger partial charge in [-0.25, -0.2) is 15.2 Å². The number of carbonyl (C=O) groups excluding carboxylic acids is 1. The number of hydrogen-bond donors (Lipinski definition) is 3. The summed E-state index contributed by atoms with van der Waals surface area (Å²) in [4.78, 5) is 25.5. The first-order chi connectivity index (χ1) is 10.9. The van der Waals surface area contributed by atoms with Crippen molar-refractivity contribution >= 4 is 11.9 Å². The van der Waals surface area contributed by atoms with Crippen molar-refractivity contribution in [2.45, 2.75) is 31.8 Å². The second kappa shape index (κ2) is 5.90. The fraction of sp³-hybridized carbons (Fsp3) is 0.500. The highest BCUT2D eigenvalue weighted by molar-refractivity contribution is 5.84. The Morgan fingerprint density at radius 1 is 1.30 bits per heavy atom.